The van der Waals surface area contributed by atoms with Crippen molar-refractivity contribution in [2.24, 2.45) is 0 Å². The van der Waals surface area contributed by atoms with E-state index in [2.05, 4.69) is 31.9 Å². The first-order valence-electron chi connectivity index (χ1n) is 4.27. The third kappa shape index (κ3) is 3.29. The first-order chi connectivity index (χ1) is 6.91. The van der Waals surface area contributed by atoms with Gasteiger partial charge in [-0.15, -0.1) is 0 Å². The van der Waals surface area contributed by atoms with E-state index in [-0.39, 0.29) is 18.1 Å². The molecule has 82 valence electrons. The number of hydrogen-bond acceptors (Lipinski definition) is 3. The van der Waals surface area contributed by atoms with Crippen molar-refractivity contribution in [2.75, 3.05) is 20.6 Å². The predicted octanol–water partition coefficient (Wildman–Crippen LogP) is 2.66. The summed E-state index contributed by atoms with van der Waals surface area (Å²) < 4.78 is 1.27. The van der Waals surface area contributed by atoms with Gasteiger partial charge in [0.05, 0.1) is 16.6 Å². The number of halogens is 2. The van der Waals surface area contributed by atoms with Crippen LogP contribution in [0.1, 0.15) is 10.4 Å². The van der Waals surface area contributed by atoms with Gasteiger partial charge in [0, 0.05) is 4.47 Å². The second-order valence-corrected chi connectivity index (χ2v) is 5.21. The van der Waals surface area contributed by atoms with Crippen LogP contribution in [0.25, 0.3) is 0 Å². The summed E-state index contributed by atoms with van der Waals surface area (Å²) in [6.07, 6.45) is 0. The van der Waals surface area contributed by atoms with E-state index in [0.29, 0.717) is 10.0 Å². The molecule has 1 N–H and O–H groups in total. The molecule has 0 bridgehead atoms. The van der Waals surface area contributed by atoms with Gasteiger partial charge in [0.1, 0.15) is 5.75 Å². The third-order valence-corrected chi connectivity index (χ3v) is 2.85. The fraction of sp³-hybridized carbons (Fsp3) is 0.300. The van der Waals surface area contributed by atoms with Crippen LogP contribution >= 0.6 is 31.9 Å². The Hall–Kier alpha value is -0.390. The largest absolute Gasteiger partial charge is 0.506 e. The molecule has 0 aromatic heterocycles. The van der Waals surface area contributed by atoms with Gasteiger partial charge in [0.15, 0.2) is 5.78 Å². The monoisotopic (exact) mass is 335 g/mol. The lowest BCUT2D eigenvalue weighted by Crippen LogP contribution is -2.21. The Kier molecular flexibility index (Phi) is 4.31. The number of ketones is 1. The van der Waals surface area contributed by atoms with Gasteiger partial charge < -0.3 is 10.0 Å². The van der Waals surface area contributed by atoms with Gasteiger partial charge in [0.2, 0.25) is 0 Å². The summed E-state index contributed by atoms with van der Waals surface area (Å²) in [5.41, 5.74) is 0.324. The van der Waals surface area contributed by atoms with Gasteiger partial charge in [-0.1, -0.05) is 15.9 Å². The van der Waals surface area contributed by atoms with E-state index in [1.54, 1.807) is 17.0 Å². The van der Waals surface area contributed by atoms with E-state index < -0.39 is 0 Å². The van der Waals surface area contributed by atoms with Gasteiger partial charge in [0.25, 0.3) is 0 Å². The smallest absolute Gasteiger partial charge is 0.180 e. The Morgan fingerprint density at radius 2 is 2.00 bits per heavy atom. The Bertz CT molecular complexity index is 391. The summed E-state index contributed by atoms with van der Waals surface area (Å²) in [7, 11) is 3.62. The molecule has 0 heterocycles. The van der Waals surface area contributed by atoms with Crippen LogP contribution < -0.4 is 0 Å². The highest BCUT2D eigenvalue weighted by Crippen LogP contribution is 2.31. The molecule has 5 heteroatoms. The number of carbonyl (C=O) groups is 1. The average molecular weight is 337 g/mol. The molecule has 15 heavy (non-hydrogen) atoms. The summed E-state index contributed by atoms with van der Waals surface area (Å²) in [6.45, 7) is 0.274. The number of Topliss-reactive ketones (excluding diaryl/α,β-unsaturated/α-hetero) is 1. The zero-order chi connectivity index (χ0) is 11.6. The molecule has 0 aliphatic carbocycles. The van der Waals surface area contributed by atoms with Crippen LogP contribution in [-0.2, 0) is 0 Å². The molecule has 1 aromatic carbocycles. The molecule has 0 spiro atoms. The fourth-order valence-electron chi connectivity index (χ4n) is 1.15. The minimum atomic E-state index is -0.112. The first-order valence-corrected chi connectivity index (χ1v) is 5.86. The van der Waals surface area contributed by atoms with E-state index >= 15 is 0 Å². The standard InChI is InChI=1S/C10H11Br2NO2/c1-13(2)5-9(14)7-3-6(11)4-8(12)10(7)15/h3-4,15H,5H2,1-2H3. The zero-order valence-electron chi connectivity index (χ0n) is 8.42. The van der Waals surface area contributed by atoms with Gasteiger partial charge in [-0.3, -0.25) is 4.79 Å². The summed E-state index contributed by atoms with van der Waals surface area (Å²) in [6, 6.07) is 3.31. The number of aromatic hydroxyl groups is 1. The van der Waals surface area contributed by atoms with Crippen LogP contribution in [0.3, 0.4) is 0 Å². The molecule has 0 aliphatic heterocycles. The van der Waals surface area contributed by atoms with Crippen LogP contribution in [0.4, 0.5) is 0 Å². The van der Waals surface area contributed by atoms with Crippen molar-refractivity contribution in [3.05, 3.63) is 26.6 Å². The summed E-state index contributed by atoms with van der Waals surface area (Å²) in [5, 5.41) is 9.70. The maximum Gasteiger partial charge on any atom is 0.180 e. The van der Waals surface area contributed by atoms with Gasteiger partial charge in [-0.05, 0) is 42.2 Å². The highest BCUT2D eigenvalue weighted by atomic mass is 79.9. The lowest BCUT2D eigenvalue weighted by atomic mass is 10.1. The first kappa shape index (κ1) is 12.7. The normalized spacial score (nSPS) is 10.7. The minimum Gasteiger partial charge on any atom is -0.506 e. The third-order valence-electron chi connectivity index (χ3n) is 1.79. The van der Waals surface area contributed by atoms with E-state index in [1.165, 1.54) is 0 Å². The molecule has 0 amide bonds. The topological polar surface area (TPSA) is 40.5 Å². The molecule has 3 nitrogen and oxygen atoms in total. The molecule has 1 aromatic rings. The van der Waals surface area contributed by atoms with E-state index in [9.17, 15) is 9.90 Å². The second kappa shape index (κ2) is 5.09. The Morgan fingerprint density at radius 1 is 1.40 bits per heavy atom. The SMILES string of the molecule is CN(C)CC(=O)c1cc(Br)cc(Br)c1O. The lowest BCUT2D eigenvalue weighted by molar-refractivity contribution is 0.0955. The number of nitrogens with zero attached hydrogens (tertiary/aromatic N) is 1. The Morgan fingerprint density at radius 3 is 2.53 bits per heavy atom. The number of phenolic OH excluding ortho intramolecular Hbond substituents is 1. The number of phenols is 1. The number of rotatable bonds is 3. The van der Waals surface area contributed by atoms with Crippen LogP contribution in [0.2, 0.25) is 0 Å². The van der Waals surface area contributed by atoms with Crippen molar-refractivity contribution >= 4 is 37.6 Å². The van der Waals surface area contributed by atoms with Crippen LogP contribution in [0.15, 0.2) is 21.1 Å². The van der Waals surface area contributed by atoms with Crippen molar-refractivity contribution in [2.45, 2.75) is 0 Å². The van der Waals surface area contributed by atoms with Crippen LogP contribution in [0, 0.1) is 0 Å². The number of carbonyl (C=O) groups excluding carboxylic acids is 1. The molecular formula is C10H11Br2NO2. The number of hydrogen-bond donors (Lipinski definition) is 1. The van der Waals surface area contributed by atoms with E-state index in [0.717, 1.165) is 4.47 Å². The van der Waals surface area contributed by atoms with Crippen LogP contribution in [0.5, 0.6) is 5.75 Å². The van der Waals surface area contributed by atoms with Gasteiger partial charge >= 0.3 is 0 Å². The predicted molar refractivity (Wildman–Crippen MR) is 66.4 cm³/mol. The van der Waals surface area contributed by atoms with Gasteiger partial charge in [-0.2, -0.15) is 0 Å². The molecular weight excluding hydrogens is 326 g/mol. The molecule has 0 aliphatic rings. The van der Waals surface area contributed by atoms with Crippen molar-refractivity contribution in [1.29, 1.82) is 0 Å². The van der Waals surface area contributed by atoms with E-state index in [4.69, 9.17) is 0 Å². The van der Waals surface area contributed by atoms with Crippen molar-refractivity contribution in [3.8, 4) is 5.75 Å². The number of likely N-dealkylation sites (N-methyl/N-ethyl adjacent to an activating group) is 1. The fourth-order valence-corrected chi connectivity index (χ4v) is 2.38. The molecule has 1 rings (SSSR count). The maximum absolute atomic E-state index is 11.7. The lowest BCUT2D eigenvalue weighted by Gasteiger charge is -2.10. The minimum absolute atomic E-state index is 0.00921. The second-order valence-electron chi connectivity index (χ2n) is 3.44. The Balaban J connectivity index is 3.08. The molecule has 0 atom stereocenters. The highest BCUT2D eigenvalue weighted by Gasteiger charge is 2.15. The quantitative estimate of drug-likeness (QED) is 0.863. The Labute approximate surface area is 105 Å². The maximum atomic E-state index is 11.7. The highest BCUT2D eigenvalue weighted by molar-refractivity contribution is 9.11. The molecule has 0 saturated carbocycles. The average Bonchev–Trinajstić information content (AvgIpc) is 2.09. The number of benzene rings is 1. The summed E-state index contributed by atoms with van der Waals surface area (Å²) >= 11 is 6.46. The zero-order valence-corrected chi connectivity index (χ0v) is 11.6. The van der Waals surface area contributed by atoms with Crippen molar-refractivity contribution < 1.29 is 9.90 Å². The summed E-state index contributed by atoms with van der Waals surface area (Å²) in [4.78, 5) is 13.5. The van der Waals surface area contributed by atoms with Gasteiger partial charge in [-0.25, -0.2) is 0 Å². The molecule has 0 fully saturated rings. The molecule has 0 unspecified atom stereocenters. The van der Waals surface area contributed by atoms with E-state index in [1.807, 2.05) is 14.1 Å². The molecule has 0 saturated heterocycles. The van der Waals surface area contributed by atoms with Crippen LogP contribution in [-0.4, -0.2) is 36.4 Å². The summed E-state index contributed by atoms with van der Waals surface area (Å²) in [5.74, 6) is -0.121. The van der Waals surface area contributed by atoms with Crippen molar-refractivity contribution in [1.82, 2.24) is 4.90 Å². The van der Waals surface area contributed by atoms with Crippen molar-refractivity contribution in [3.63, 3.8) is 0 Å². The molecule has 0 radical (unpaired) electrons.